The Kier molecular flexibility index (Phi) is 7.71. The van der Waals surface area contributed by atoms with Gasteiger partial charge in [-0.2, -0.15) is 0 Å². The van der Waals surface area contributed by atoms with Crippen molar-refractivity contribution in [2.45, 2.75) is 45.9 Å². The minimum atomic E-state index is -2.27. The van der Waals surface area contributed by atoms with Gasteiger partial charge in [0.1, 0.15) is 0 Å². The highest BCUT2D eigenvalue weighted by atomic mass is 16.4. The molecule has 0 spiro atoms. The number of carboxylic acid groups (broad SMARTS) is 2. The van der Waals surface area contributed by atoms with Crippen molar-refractivity contribution in [2.24, 2.45) is 11.1 Å². The lowest BCUT2D eigenvalue weighted by molar-refractivity contribution is -0.165. The van der Waals surface area contributed by atoms with Gasteiger partial charge in [0.2, 0.25) is 0 Å². The molecule has 102 valence electrons. The largest absolute Gasteiger partial charge is 0.479 e. The van der Waals surface area contributed by atoms with Crippen LogP contribution in [-0.4, -0.2) is 50.6 Å². The number of carbonyl (C=O) groups is 2. The summed E-state index contributed by atoms with van der Waals surface area (Å²) in [5.74, 6) is -3.54. The summed E-state index contributed by atoms with van der Waals surface area (Å²) >= 11 is 0. The predicted molar refractivity (Wildman–Crippen MR) is 60.4 cm³/mol. The highest BCUT2D eigenvalue weighted by Gasteiger charge is 2.29. The van der Waals surface area contributed by atoms with Gasteiger partial charge in [-0.05, 0) is 12.3 Å². The molecular formula is C10H21NO6. The fraction of sp³-hybridized carbons (Fsp3) is 0.800. The molecular weight excluding hydrogens is 230 g/mol. The number of hydrogen-bond donors (Lipinski definition) is 5. The zero-order valence-electron chi connectivity index (χ0n) is 10.4. The Morgan fingerprint density at radius 1 is 1.00 bits per heavy atom. The molecule has 6 N–H and O–H groups in total. The summed E-state index contributed by atoms with van der Waals surface area (Å²) in [6.07, 6.45) is -4.53. The van der Waals surface area contributed by atoms with Crippen LogP contribution in [0.3, 0.4) is 0 Å². The average molecular weight is 251 g/mol. The van der Waals surface area contributed by atoms with Crippen LogP contribution in [0.15, 0.2) is 0 Å². The smallest absolute Gasteiger partial charge is 0.335 e. The molecule has 7 nitrogen and oxygen atoms in total. The van der Waals surface area contributed by atoms with Crippen LogP contribution in [0.25, 0.3) is 0 Å². The summed E-state index contributed by atoms with van der Waals surface area (Å²) in [7, 11) is 0. The summed E-state index contributed by atoms with van der Waals surface area (Å²) in [5.41, 5.74) is 5.85. The van der Waals surface area contributed by atoms with E-state index in [0.29, 0.717) is 6.04 Å². The SMILES string of the molecule is CC(N)C(C)(C)C.O=C(O)[C@H](O)[C@@H](O)C(=O)O. The first-order valence-electron chi connectivity index (χ1n) is 4.98. The van der Waals surface area contributed by atoms with E-state index in [-0.39, 0.29) is 5.41 Å². The van der Waals surface area contributed by atoms with Gasteiger partial charge in [-0.25, -0.2) is 9.59 Å². The van der Waals surface area contributed by atoms with Crippen molar-refractivity contribution in [3.05, 3.63) is 0 Å². The van der Waals surface area contributed by atoms with Crippen LogP contribution < -0.4 is 5.73 Å². The topological polar surface area (TPSA) is 141 Å². The Hall–Kier alpha value is -1.18. The Morgan fingerprint density at radius 2 is 1.18 bits per heavy atom. The summed E-state index contributed by atoms with van der Waals surface area (Å²) in [6, 6.07) is 0.299. The fourth-order valence-electron chi connectivity index (χ4n) is 0.270. The van der Waals surface area contributed by atoms with Crippen LogP contribution in [0, 0.1) is 5.41 Å². The lowest BCUT2D eigenvalue weighted by Crippen LogP contribution is -2.39. The second-order valence-electron chi connectivity index (χ2n) is 4.72. The third-order valence-electron chi connectivity index (χ3n) is 2.17. The first-order valence-corrected chi connectivity index (χ1v) is 4.98. The molecule has 0 heterocycles. The van der Waals surface area contributed by atoms with E-state index in [1.165, 1.54) is 0 Å². The highest BCUT2D eigenvalue weighted by Crippen LogP contribution is 2.15. The minimum Gasteiger partial charge on any atom is -0.479 e. The van der Waals surface area contributed by atoms with Gasteiger partial charge in [-0.15, -0.1) is 0 Å². The van der Waals surface area contributed by atoms with Gasteiger partial charge in [-0.1, -0.05) is 20.8 Å². The van der Waals surface area contributed by atoms with Crippen LogP contribution >= 0.6 is 0 Å². The van der Waals surface area contributed by atoms with E-state index in [2.05, 4.69) is 20.8 Å². The molecule has 0 rings (SSSR count). The predicted octanol–water partition coefficient (Wildman–Crippen LogP) is -0.743. The van der Waals surface area contributed by atoms with Gasteiger partial charge in [0.05, 0.1) is 0 Å². The maximum Gasteiger partial charge on any atom is 0.335 e. The van der Waals surface area contributed by atoms with E-state index in [1.54, 1.807) is 0 Å². The Labute approximate surface area is 99.9 Å². The molecule has 0 aromatic heterocycles. The number of aliphatic carboxylic acids is 2. The van der Waals surface area contributed by atoms with Gasteiger partial charge in [-0.3, -0.25) is 0 Å². The molecule has 0 aromatic carbocycles. The lowest BCUT2D eigenvalue weighted by Gasteiger charge is -2.22. The van der Waals surface area contributed by atoms with Crippen molar-refractivity contribution in [1.29, 1.82) is 0 Å². The van der Waals surface area contributed by atoms with E-state index in [4.69, 9.17) is 26.2 Å². The monoisotopic (exact) mass is 251 g/mol. The van der Waals surface area contributed by atoms with Crippen molar-refractivity contribution in [3.8, 4) is 0 Å². The molecule has 0 amide bonds. The number of aliphatic hydroxyl groups excluding tert-OH is 2. The number of nitrogens with two attached hydrogens (primary N) is 1. The van der Waals surface area contributed by atoms with Crippen LogP contribution in [-0.2, 0) is 9.59 Å². The second-order valence-corrected chi connectivity index (χ2v) is 4.72. The van der Waals surface area contributed by atoms with Crippen molar-refractivity contribution in [2.75, 3.05) is 0 Å². The second kappa shape index (κ2) is 7.21. The number of rotatable bonds is 3. The van der Waals surface area contributed by atoms with Gasteiger partial charge in [0.25, 0.3) is 0 Å². The maximum atomic E-state index is 9.77. The summed E-state index contributed by atoms with van der Waals surface area (Å²) < 4.78 is 0. The van der Waals surface area contributed by atoms with Gasteiger partial charge in [0.15, 0.2) is 12.2 Å². The van der Waals surface area contributed by atoms with Crippen LogP contribution in [0.2, 0.25) is 0 Å². The zero-order chi connectivity index (χ0) is 14.4. The molecule has 0 saturated carbocycles. The molecule has 0 fully saturated rings. The molecule has 0 radical (unpaired) electrons. The van der Waals surface area contributed by atoms with Crippen LogP contribution in [0.1, 0.15) is 27.7 Å². The molecule has 1 unspecified atom stereocenters. The molecule has 0 bridgehead atoms. The average Bonchev–Trinajstić information content (AvgIpc) is 2.14. The normalized spacial score (nSPS) is 16.2. The highest BCUT2D eigenvalue weighted by molar-refractivity contribution is 5.83. The molecule has 17 heavy (non-hydrogen) atoms. The van der Waals surface area contributed by atoms with Crippen LogP contribution in [0.5, 0.6) is 0 Å². The van der Waals surface area contributed by atoms with E-state index in [1.807, 2.05) is 6.92 Å². The zero-order valence-corrected chi connectivity index (χ0v) is 10.4. The standard InChI is InChI=1S/C6H15N.C4H6O6/c1-5(7)6(2,3)4;5-1(3(7)8)2(6)4(9)10/h5H,7H2,1-4H3;1-2,5-6H,(H,7,8)(H,9,10)/t;1-,2-/m.1/s1. The minimum absolute atomic E-state index is 0.278. The molecule has 0 saturated heterocycles. The first kappa shape index (κ1) is 18.2. The van der Waals surface area contributed by atoms with Gasteiger partial charge < -0.3 is 26.2 Å². The third kappa shape index (κ3) is 8.61. The third-order valence-corrected chi connectivity index (χ3v) is 2.17. The quantitative estimate of drug-likeness (QED) is 0.444. The van der Waals surface area contributed by atoms with Gasteiger partial charge in [0, 0.05) is 6.04 Å². The molecule has 3 atom stereocenters. The molecule has 0 aromatic rings. The summed E-state index contributed by atoms with van der Waals surface area (Å²) in [6.45, 7) is 8.44. The maximum absolute atomic E-state index is 9.77. The Morgan fingerprint density at radius 3 is 1.24 bits per heavy atom. The van der Waals surface area contributed by atoms with Crippen LogP contribution in [0.4, 0.5) is 0 Å². The number of carboxylic acids is 2. The van der Waals surface area contributed by atoms with Crippen molar-refractivity contribution >= 4 is 11.9 Å². The van der Waals surface area contributed by atoms with E-state index in [0.717, 1.165) is 0 Å². The molecule has 0 aliphatic heterocycles. The summed E-state index contributed by atoms with van der Waals surface area (Å²) in [5, 5.41) is 32.5. The van der Waals surface area contributed by atoms with E-state index < -0.39 is 24.1 Å². The van der Waals surface area contributed by atoms with Crippen molar-refractivity contribution < 1.29 is 30.0 Å². The molecule has 7 heteroatoms. The van der Waals surface area contributed by atoms with Crippen molar-refractivity contribution in [1.82, 2.24) is 0 Å². The van der Waals surface area contributed by atoms with E-state index >= 15 is 0 Å². The first-order chi connectivity index (χ1) is 7.41. The van der Waals surface area contributed by atoms with Gasteiger partial charge >= 0.3 is 11.9 Å². The molecule has 0 aliphatic carbocycles. The molecule has 0 aliphatic rings. The fourth-order valence-corrected chi connectivity index (χ4v) is 0.270. The Balaban J connectivity index is 0. The number of aliphatic hydroxyl groups is 2. The number of hydrogen-bond acceptors (Lipinski definition) is 5. The Bertz CT molecular complexity index is 240. The van der Waals surface area contributed by atoms with E-state index in [9.17, 15) is 9.59 Å². The van der Waals surface area contributed by atoms with Crippen molar-refractivity contribution in [3.63, 3.8) is 0 Å². The summed E-state index contributed by atoms with van der Waals surface area (Å²) in [4.78, 5) is 19.5. The lowest BCUT2D eigenvalue weighted by atomic mass is 9.89.